The van der Waals surface area contributed by atoms with Gasteiger partial charge >= 0.3 is 6.03 Å². The van der Waals surface area contributed by atoms with Gasteiger partial charge in [-0.1, -0.05) is 36.8 Å². The van der Waals surface area contributed by atoms with E-state index >= 15 is 0 Å². The Morgan fingerprint density at radius 2 is 1.86 bits per heavy atom. The zero-order valence-corrected chi connectivity index (χ0v) is 16.6. The molecule has 0 aromatic heterocycles. The highest BCUT2D eigenvalue weighted by Crippen LogP contribution is 2.46. The number of rotatable bonds is 2. The molecule has 0 bridgehead atoms. The monoisotopic (exact) mass is 392 g/mol. The molecule has 1 saturated carbocycles. The fourth-order valence-electron chi connectivity index (χ4n) is 5.31. The van der Waals surface area contributed by atoms with E-state index in [2.05, 4.69) is 10.6 Å². The van der Waals surface area contributed by atoms with Gasteiger partial charge in [0, 0.05) is 24.1 Å². The van der Waals surface area contributed by atoms with Crippen molar-refractivity contribution in [2.24, 2.45) is 0 Å². The number of para-hydroxylation sites is 1. The van der Waals surface area contributed by atoms with E-state index in [4.69, 9.17) is 4.74 Å². The summed E-state index contributed by atoms with van der Waals surface area (Å²) in [6.07, 6.45) is 7.41. The predicted octanol–water partition coefficient (Wildman–Crippen LogP) is 4.49. The normalized spacial score (nSPS) is 24.3. The standard InChI is InChI=1S/C24H28N2O3/c27-17-13-16-7-6-9-20(19(16)14-17)25-23(28)26-21-15-24(11-4-1-5-12-24)29-22-10-3-2-8-18(21)22/h2-3,6-10,17,21,27H,1,4-5,11-15H2,(H2,25,26,28). The van der Waals surface area contributed by atoms with Crippen LogP contribution in [0.1, 0.15) is 61.3 Å². The van der Waals surface area contributed by atoms with E-state index in [9.17, 15) is 9.90 Å². The molecule has 2 unspecified atom stereocenters. The second-order valence-corrected chi connectivity index (χ2v) is 8.74. The molecule has 3 aliphatic rings. The zero-order valence-electron chi connectivity index (χ0n) is 16.6. The highest BCUT2D eigenvalue weighted by atomic mass is 16.5. The predicted molar refractivity (Wildman–Crippen MR) is 112 cm³/mol. The number of benzene rings is 2. The van der Waals surface area contributed by atoms with Crippen LogP contribution in [0.3, 0.4) is 0 Å². The molecular weight excluding hydrogens is 364 g/mol. The quantitative estimate of drug-likeness (QED) is 0.705. The van der Waals surface area contributed by atoms with Crippen molar-refractivity contribution in [2.75, 3.05) is 5.32 Å². The first-order chi connectivity index (χ1) is 14.1. The molecule has 152 valence electrons. The van der Waals surface area contributed by atoms with Gasteiger partial charge in [0.15, 0.2) is 0 Å². The number of carbonyl (C=O) groups excluding carboxylic acids is 1. The van der Waals surface area contributed by atoms with E-state index in [1.54, 1.807) is 0 Å². The summed E-state index contributed by atoms with van der Waals surface area (Å²) in [5.41, 5.74) is 3.85. The van der Waals surface area contributed by atoms with E-state index < -0.39 is 0 Å². The Hall–Kier alpha value is -2.53. The molecule has 3 N–H and O–H groups in total. The van der Waals surface area contributed by atoms with E-state index in [0.717, 1.165) is 47.4 Å². The molecule has 5 nitrogen and oxygen atoms in total. The number of aliphatic hydroxyl groups excluding tert-OH is 1. The van der Waals surface area contributed by atoms with Crippen LogP contribution in [0.25, 0.3) is 0 Å². The minimum Gasteiger partial charge on any atom is -0.487 e. The Bertz CT molecular complexity index is 920. The Balaban J connectivity index is 1.36. The van der Waals surface area contributed by atoms with Gasteiger partial charge in [-0.2, -0.15) is 0 Å². The molecular formula is C24H28N2O3. The first-order valence-electron chi connectivity index (χ1n) is 10.8. The van der Waals surface area contributed by atoms with Crippen molar-refractivity contribution in [1.29, 1.82) is 0 Å². The van der Waals surface area contributed by atoms with Crippen molar-refractivity contribution in [3.63, 3.8) is 0 Å². The minimum atomic E-state index is -0.357. The Labute approximate surface area is 171 Å². The first kappa shape index (κ1) is 18.5. The molecule has 2 atom stereocenters. The molecule has 0 saturated heterocycles. The summed E-state index contributed by atoms with van der Waals surface area (Å²) in [6, 6.07) is 13.7. The molecule has 1 heterocycles. The molecule has 0 radical (unpaired) electrons. The molecule has 2 aliphatic carbocycles. The largest absolute Gasteiger partial charge is 0.487 e. The number of hydrogen-bond acceptors (Lipinski definition) is 3. The lowest BCUT2D eigenvalue weighted by Crippen LogP contribution is -2.47. The van der Waals surface area contributed by atoms with Crippen molar-refractivity contribution < 1.29 is 14.6 Å². The van der Waals surface area contributed by atoms with Crippen LogP contribution in [-0.4, -0.2) is 22.8 Å². The van der Waals surface area contributed by atoms with Crippen LogP contribution in [0.2, 0.25) is 0 Å². The number of nitrogens with one attached hydrogen (secondary N) is 2. The average Bonchev–Trinajstić information content (AvgIpc) is 3.10. The van der Waals surface area contributed by atoms with Crippen molar-refractivity contribution in [1.82, 2.24) is 5.32 Å². The van der Waals surface area contributed by atoms with Crippen molar-refractivity contribution in [3.05, 3.63) is 59.2 Å². The highest BCUT2D eigenvalue weighted by molar-refractivity contribution is 5.90. The van der Waals surface area contributed by atoms with Gasteiger partial charge in [-0.15, -0.1) is 0 Å². The van der Waals surface area contributed by atoms with Crippen molar-refractivity contribution in [3.8, 4) is 5.75 Å². The van der Waals surface area contributed by atoms with Gasteiger partial charge in [0.05, 0.1) is 12.1 Å². The second kappa shape index (κ2) is 7.38. The summed E-state index contributed by atoms with van der Waals surface area (Å²) in [4.78, 5) is 12.9. The van der Waals surface area contributed by atoms with Gasteiger partial charge in [0.1, 0.15) is 11.4 Å². The Kier molecular flexibility index (Phi) is 4.70. The summed E-state index contributed by atoms with van der Waals surface area (Å²) >= 11 is 0. The molecule has 5 heteroatoms. The van der Waals surface area contributed by atoms with Crippen LogP contribution in [0.15, 0.2) is 42.5 Å². The third-order valence-electron chi connectivity index (χ3n) is 6.68. The summed E-state index contributed by atoms with van der Waals surface area (Å²) < 4.78 is 6.46. The first-order valence-corrected chi connectivity index (χ1v) is 10.8. The Morgan fingerprint density at radius 3 is 2.72 bits per heavy atom. The van der Waals surface area contributed by atoms with Gasteiger partial charge < -0.3 is 20.5 Å². The third kappa shape index (κ3) is 3.60. The molecule has 2 aromatic rings. The maximum absolute atomic E-state index is 12.9. The lowest BCUT2D eigenvalue weighted by atomic mass is 9.77. The topological polar surface area (TPSA) is 70.6 Å². The van der Waals surface area contributed by atoms with Gasteiger partial charge in [0.25, 0.3) is 0 Å². The van der Waals surface area contributed by atoms with Gasteiger partial charge in [-0.05, 0) is 55.4 Å². The van der Waals surface area contributed by atoms with Crippen LogP contribution < -0.4 is 15.4 Å². The molecule has 1 spiro atoms. The number of carbonyl (C=O) groups is 1. The number of urea groups is 1. The molecule has 1 aliphatic heterocycles. The van der Waals surface area contributed by atoms with E-state index in [0.29, 0.717) is 12.8 Å². The zero-order chi connectivity index (χ0) is 19.8. The van der Waals surface area contributed by atoms with Gasteiger partial charge in [-0.25, -0.2) is 4.79 Å². The third-order valence-corrected chi connectivity index (χ3v) is 6.68. The fraction of sp³-hybridized carbons (Fsp3) is 0.458. The summed E-state index contributed by atoms with van der Waals surface area (Å²) in [5, 5.41) is 16.2. The van der Waals surface area contributed by atoms with Crippen LogP contribution in [0.5, 0.6) is 5.75 Å². The smallest absolute Gasteiger partial charge is 0.319 e. The second-order valence-electron chi connectivity index (χ2n) is 8.74. The molecule has 29 heavy (non-hydrogen) atoms. The van der Waals surface area contributed by atoms with Crippen LogP contribution in [0.4, 0.5) is 10.5 Å². The minimum absolute atomic E-state index is 0.0691. The molecule has 5 rings (SSSR count). The van der Waals surface area contributed by atoms with Gasteiger partial charge in [-0.3, -0.25) is 0 Å². The lowest BCUT2D eigenvalue weighted by Gasteiger charge is -2.44. The maximum atomic E-state index is 12.9. The number of anilines is 1. The average molecular weight is 392 g/mol. The number of hydrogen-bond donors (Lipinski definition) is 3. The summed E-state index contributed by atoms with van der Waals surface area (Å²) in [6.45, 7) is 0. The SMILES string of the molecule is O=C(Nc1cccc2c1CC(O)C2)NC1CC2(CCCCC2)Oc2ccccc21. The molecule has 2 amide bonds. The van der Waals surface area contributed by atoms with E-state index in [-0.39, 0.29) is 23.8 Å². The van der Waals surface area contributed by atoms with Crippen molar-refractivity contribution >= 4 is 11.7 Å². The highest BCUT2D eigenvalue weighted by Gasteiger charge is 2.42. The van der Waals surface area contributed by atoms with Crippen LogP contribution in [0, 0.1) is 0 Å². The van der Waals surface area contributed by atoms with Gasteiger partial charge in [0.2, 0.25) is 0 Å². The molecule has 2 aromatic carbocycles. The number of amides is 2. The number of ether oxygens (including phenoxy) is 1. The molecule has 1 fully saturated rings. The number of aliphatic hydroxyl groups is 1. The number of fused-ring (bicyclic) bond motifs is 2. The maximum Gasteiger partial charge on any atom is 0.319 e. The summed E-state index contributed by atoms with van der Waals surface area (Å²) in [5.74, 6) is 0.898. The van der Waals surface area contributed by atoms with Crippen molar-refractivity contribution in [2.45, 2.75) is 69.1 Å². The lowest BCUT2D eigenvalue weighted by molar-refractivity contribution is -0.000996. The van der Waals surface area contributed by atoms with E-state index in [1.165, 1.54) is 19.3 Å². The van der Waals surface area contributed by atoms with Crippen LogP contribution >= 0.6 is 0 Å². The summed E-state index contributed by atoms with van der Waals surface area (Å²) in [7, 11) is 0. The Morgan fingerprint density at radius 1 is 1.03 bits per heavy atom. The van der Waals surface area contributed by atoms with Crippen LogP contribution in [-0.2, 0) is 12.8 Å². The fourth-order valence-corrected chi connectivity index (χ4v) is 5.31. The van der Waals surface area contributed by atoms with E-state index in [1.807, 2.05) is 42.5 Å².